The Bertz CT molecular complexity index is 696. The molecule has 0 spiro atoms. The second-order valence-corrected chi connectivity index (χ2v) is 7.73. The summed E-state index contributed by atoms with van der Waals surface area (Å²) in [7, 11) is -2.99. The van der Waals surface area contributed by atoms with E-state index in [1.165, 1.54) is 19.2 Å². The van der Waals surface area contributed by atoms with E-state index in [4.69, 9.17) is 16.3 Å². The van der Waals surface area contributed by atoms with Gasteiger partial charge in [-0.1, -0.05) is 18.0 Å². The fourth-order valence-electron chi connectivity index (χ4n) is 2.70. The van der Waals surface area contributed by atoms with E-state index in [1.54, 1.807) is 0 Å². The highest BCUT2D eigenvalue weighted by Gasteiger charge is 2.49. The summed E-state index contributed by atoms with van der Waals surface area (Å²) in [6.45, 7) is -0.117. The first-order valence-corrected chi connectivity index (χ1v) is 9.01. The largest absolute Gasteiger partial charge is 0.497 e. The first-order chi connectivity index (χ1) is 11.1. The predicted molar refractivity (Wildman–Crippen MR) is 81.6 cm³/mol. The van der Waals surface area contributed by atoms with Gasteiger partial charge < -0.3 is 9.84 Å². The monoisotopic (exact) mass is 387 g/mol. The molecular weight excluding hydrogens is 371 g/mol. The van der Waals surface area contributed by atoms with Gasteiger partial charge >= 0.3 is 6.18 Å². The SMILES string of the molecule is COc1ccc(Cl)c(S(=O)(=O)N2CCCC[C@H]2[C@H](O)C(F)(F)F)c1. The van der Waals surface area contributed by atoms with Gasteiger partial charge in [0.2, 0.25) is 10.0 Å². The Balaban J connectivity index is 2.46. The first-order valence-electron chi connectivity index (χ1n) is 7.19. The quantitative estimate of drug-likeness (QED) is 0.862. The standard InChI is InChI=1S/C14H17ClF3NO4S/c1-23-9-5-6-10(15)12(8-9)24(21,22)19-7-3-2-4-11(19)13(20)14(16,17)18/h5-6,8,11,13,20H,2-4,7H2,1H3/t11-,13-/m0/s1. The van der Waals surface area contributed by atoms with E-state index < -0.39 is 28.3 Å². The van der Waals surface area contributed by atoms with Crippen LogP contribution in [0.3, 0.4) is 0 Å². The van der Waals surface area contributed by atoms with Gasteiger partial charge in [0, 0.05) is 12.6 Å². The maximum Gasteiger partial charge on any atom is 0.415 e. The summed E-state index contributed by atoms with van der Waals surface area (Å²) >= 11 is 5.93. The van der Waals surface area contributed by atoms with Gasteiger partial charge in [0.05, 0.1) is 18.2 Å². The summed E-state index contributed by atoms with van der Waals surface area (Å²) in [5.41, 5.74) is 0. The topological polar surface area (TPSA) is 66.8 Å². The molecule has 24 heavy (non-hydrogen) atoms. The first kappa shape index (κ1) is 19.3. The number of piperidine rings is 1. The molecule has 0 saturated carbocycles. The molecular formula is C14H17ClF3NO4S. The number of nitrogens with zero attached hydrogens (tertiary/aromatic N) is 1. The summed E-state index contributed by atoms with van der Waals surface area (Å²) in [5, 5.41) is 9.45. The van der Waals surface area contributed by atoms with Crippen molar-refractivity contribution >= 4 is 21.6 Å². The minimum absolute atomic E-state index is 0.0819. The molecule has 0 amide bonds. The van der Waals surface area contributed by atoms with Gasteiger partial charge in [-0.05, 0) is 25.0 Å². The van der Waals surface area contributed by atoms with Crippen LogP contribution in [0.4, 0.5) is 13.2 Å². The Labute approximate surface area is 143 Å². The minimum Gasteiger partial charge on any atom is -0.497 e. The Hall–Kier alpha value is -1.03. The van der Waals surface area contributed by atoms with Gasteiger partial charge in [-0.25, -0.2) is 8.42 Å². The van der Waals surface area contributed by atoms with Gasteiger partial charge in [-0.2, -0.15) is 17.5 Å². The van der Waals surface area contributed by atoms with Crippen molar-refractivity contribution in [2.75, 3.05) is 13.7 Å². The fraction of sp³-hybridized carbons (Fsp3) is 0.571. The molecule has 1 fully saturated rings. The average molecular weight is 388 g/mol. The molecule has 1 aliphatic rings. The van der Waals surface area contributed by atoms with Crippen LogP contribution in [0, 0.1) is 0 Å². The number of ether oxygens (including phenoxy) is 1. The van der Waals surface area contributed by atoms with Crippen molar-refractivity contribution in [1.82, 2.24) is 4.31 Å². The number of aliphatic hydroxyl groups is 1. The number of hydrogen-bond acceptors (Lipinski definition) is 4. The van der Waals surface area contributed by atoms with E-state index >= 15 is 0 Å². The molecule has 1 saturated heterocycles. The molecule has 2 atom stereocenters. The third-order valence-corrected chi connectivity index (χ3v) is 6.33. The highest BCUT2D eigenvalue weighted by molar-refractivity contribution is 7.89. The summed E-state index contributed by atoms with van der Waals surface area (Å²) < 4.78 is 69.9. The molecule has 1 N–H and O–H groups in total. The lowest BCUT2D eigenvalue weighted by atomic mass is 9.99. The third kappa shape index (κ3) is 3.79. The van der Waals surface area contributed by atoms with Gasteiger partial charge in [0.15, 0.2) is 6.10 Å². The fourth-order valence-corrected chi connectivity index (χ4v) is 4.89. The Morgan fingerprint density at radius 2 is 2.04 bits per heavy atom. The lowest BCUT2D eigenvalue weighted by Crippen LogP contribution is -2.54. The van der Waals surface area contributed by atoms with Crippen LogP contribution in [-0.2, 0) is 10.0 Å². The molecule has 1 aromatic rings. The number of sulfonamides is 1. The maximum absolute atomic E-state index is 12.9. The van der Waals surface area contributed by atoms with Crippen LogP contribution in [0.1, 0.15) is 19.3 Å². The van der Waals surface area contributed by atoms with Gasteiger partial charge in [0.1, 0.15) is 10.6 Å². The number of benzene rings is 1. The Morgan fingerprint density at radius 3 is 2.62 bits per heavy atom. The van der Waals surface area contributed by atoms with Crippen molar-refractivity contribution in [2.24, 2.45) is 0 Å². The molecule has 0 aliphatic carbocycles. The van der Waals surface area contributed by atoms with E-state index in [0.717, 1.165) is 6.07 Å². The molecule has 136 valence electrons. The zero-order chi connectivity index (χ0) is 18.1. The van der Waals surface area contributed by atoms with Crippen molar-refractivity contribution in [3.63, 3.8) is 0 Å². The Morgan fingerprint density at radius 1 is 1.38 bits per heavy atom. The molecule has 2 rings (SSSR count). The van der Waals surface area contributed by atoms with Crippen molar-refractivity contribution in [2.45, 2.75) is 42.5 Å². The second kappa shape index (κ2) is 7.07. The number of aliphatic hydroxyl groups excluding tert-OH is 1. The number of rotatable bonds is 4. The molecule has 10 heteroatoms. The molecule has 5 nitrogen and oxygen atoms in total. The third-order valence-electron chi connectivity index (χ3n) is 3.92. The van der Waals surface area contributed by atoms with Crippen molar-refractivity contribution < 1.29 is 31.4 Å². The summed E-state index contributed by atoms with van der Waals surface area (Å²) in [4.78, 5) is -0.343. The van der Waals surface area contributed by atoms with Gasteiger partial charge in [-0.3, -0.25) is 0 Å². The van der Waals surface area contributed by atoms with E-state index in [9.17, 15) is 26.7 Å². The summed E-state index contributed by atoms with van der Waals surface area (Å²) in [5.74, 6) is 0.211. The molecule has 0 bridgehead atoms. The smallest absolute Gasteiger partial charge is 0.415 e. The zero-order valence-electron chi connectivity index (χ0n) is 12.8. The van der Waals surface area contributed by atoms with E-state index in [0.29, 0.717) is 17.1 Å². The molecule has 0 unspecified atom stereocenters. The number of hydrogen-bond donors (Lipinski definition) is 1. The zero-order valence-corrected chi connectivity index (χ0v) is 14.3. The summed E-state index contributed by atoms with van der Waals surface area (Å²) in [6.07, 6.45) is -6.94. The maximum atomic E-state index is 12.9. The van der Waals surface area contributed by atoms with Crippen LogP contribution >= 0.6 is 11.6 Å². The second-order valence-electron chi connectivity index (χ2n) is 5.46. The van der Waals surface area contributed by atoms with Crippen LogP contribution < -0.4 is 4.74 Å². The molecule has 1 aromatic carbocycles. The average Bonchev–Trinajstić information content (AvgIpc) is 2.53. The highest BCUT2D eigenvalue weighted by Crippen LogP contribution is 2.36. The van der Waals surface area contributed by atoms with Crippen LogP contribution in [0.2, 0.25) is 5.02 Å². The van der Waals surface area contributed by atoms with E-state index in [2.05, 4.69) is 0 Å². The lowest BCUT2D eigenvalue weighted by molar-refractivity contribution is -0.219. The molecule has 0 radical (unpaired) electrons. The molecule has 0 aromatic heterocycles. The van der Waals surface area contributed by atoms with Crippen LogP contribution in [-0.4, -0.2) is 49.8 Å². The Kier molecular flexibility index (Phi) is 5.68. The van der Waals surface area contributed by atoms with Gasteiger partial charge in [0.25, 0.3) is 0 Å². The molecule has 1 heterocycles. The van der Waals surface area contributed by atoms with Gasteiger partial charge in [-0.15, -0.1) is 0 Å². The number of alkyl halides is 3. The minimum atomic E-state index is -4.91. The van der Waals surface area contributed by atoms with E-state index in [1.807, 2.05) is 0 Å². The van der Waals surface area contributed by atoms with Crippen LogP contribution in [0.15, 0.2) is 23.1 Å². The lowest BCUT2D eigenvalue weighted by Gasteiger charge is -2.37. The van der Waals surface area contributed by atoms with Crippen LogP contribution in [0.5, 0.6) is 5.75 Å². The van der Waals surface area contributed by atoms with Crippen molar-refractivity contribution in [3.05, 3.63) is 23.2 Å². The van der Waals surface area contributed by atoms with Crippen molar-refractivity contribution in [3.8, 4) is 5.75 Å². The number of halogens is 4. The molecule has 1 aliphatic heterocycles. The van der Waals surface area contributed by atoms with Crippen LogP contribution in [0.25, 0.3) is 0 Å². The number of methoxy groups -OCH3 is 1. The normalized spacial score (nSPS) is 21.5. The van der Waals surface area contributed by atoms with Crippen molar-refractivity contribution in [1.29, 1.82) is 0 Å². The summed E-state index contributed by atoms with van der Waals surface area (Å²) in [6, 6.07) is 2.32. The highest BCUT2D eigenvalue weighted by atomic mass is 35.5. The predicted octanol–water partition coefficient (Wildman–Crippen LogP) is 2.82. The van der Waals surface area contributed by atoms with E-state index in [-0.39, 0.29) is 28.6 Å².